The molecule has 2 aliphatic rings. The van der Waals surface area contributed by atoms with Gasteiger partial charge < -0.3 is 20.1 Å². The molecule has 1 aliphatic heterocycles. The van der Waals surface area contributed by atoms with Crippen molar-refractivity contribution < 1.29 is 24.2 Å². The summed E-state index contributed by atoms with van der Waals surface area (Å²) in [4.78, 5) is 38.2. The van der Waals surface area contributed by atoms with Gasteiger partial charge in [-0.3, -0.25) is 9.59 Å². The summed E-state index contributed by atoms with van der Waals surface area (Å²) in [7, 11) is 0. The second kappa shape index (κ2) is 9.65. The molecule has 2 N–H and O–H groups in total. The Morgan fingerprint density at radius 1 is 1.09 bits per heavy atom. The van der Waals surface area contributed by atoms with Crippen LogP contribution in [-0.4, -0.2) is 53.7 Å². The van der Waals surface area contributed by atoms with Crippen LogP contribution < -0.4 is 5.32 Å². The number of alkyl carbamates (subject to hydrolysis) is 1. The molecule has 2 aromatic carbocycles. The number of piperidine rings is 1. The van der Waals surface area contributed by atoms with Crippen LogP contribution in [0, 0.1) is 11.8 Å². The Labute approximate surface area is 193 Å². The van der Waals surface area contributed by atoms with Crippen LogP contribution in [0.4, 0.5) is 4.79 Å². The van der Waals surface area contributed by atoms with Crippen molar-refractivity contribution in [3.63, 3.8) is 0 Å². The van der Waals surface area contributed by atoms with E-state index in [1.54, 1.807) is 11.8 Å². The molecule has 1 heterocycles. The highest BCUT2D eigenvalue weighted by Gasteiger charge is 2.34. The molecule has 7 nitrogen and oxygen atoms in total. The summed E-state index contributed by atoms with van der Waals surface area (Å²) in [5.41, 5.74) is 4.63. The number of amides is 2. The maximum absolute atomic E-state index is 12.8. The highest BCUT2D eigenvalue weighted by molar-refractivity contribution is 5.81. The predicted molar refractivity (Wildman–Crippen MR) is 124 cm³/mol. The number of fused-ring (bicyclic) bond motifs is 3. The van der Waals surface area contributed by atoms with Crippen LogP contribution in [0.5, 0.6) is 0 Å². The average Bonchev–Trinajstić information content (AvgIpc) is 3.14. The van der Waals surface area contributed by atoms with Gasteiger partial charge in [-0.15, -0.1) is 0 Å². The lowest BCUT2D eigenvalue weighted by Crippen LogP contribution is -2.49. The number of carboxylic acid groups (broad SMARTS) is 1. The smallest absolute Gasteiger partial charge is 0.407 e. The van der Waals surface area contributed by atoms with E-state index in [9.17, 15) is 19.5 Å². The summed E-state index contributed by atoms with van der Waals surface area (Å²) in [6, 6.07) is 16.2. The topological polar surface area (TPSA) is 95.9 Å². The fourth-order valence-electron chi connectivity index (χ4n) is 4.98. The fourth-order valence-corrected chi connectivity index (χ4v) is 4.98. The van der Waals surface area contributed by atoms with E-state index in [1.165, 1.54) is 11.1 Å². The van der Waals surface area contributed by atoms with Crippen LogP contribution in [0.25, 0.3) is 11.1 Å². The van der Waals surface area contributed by atoms with Gasteiger partial charge in [-0.1, -0.05) is 55.5 Å². The van der Waals surface area contributed by atoms with Crippen molar-refractivity contribution in [1.82, 2.24) is 10.2 Å². The van der Waals surface area contributed by atoms with E-state index in [0.29, 0.717) is 19.4 Å². The predicted octanol–water partition coefficient (Wildman–Crippen LogP) is 3.87. The zero-order chi connectivity index (χ0) is 23.5. The molecule has 0 bridgehead atoms. The first-order valence-electron chi connectivity index (χ1n) is 11.5. The van der Waals surface area contributed by atoms with Gasteiger partial charge in [-0.05, 0) is 42.0 Å². The van der Waals surface area contributed by atoms with Gasteiger partial charge in [0.1, 0.15) is 6.61 Å². The van der Waals surface area contributed by atoms with Crippen molar-refractivity contribution in [2.75, 3.05) is 19.7 Å². The zero-order valence-electron chi connectivity index (χ0n) is 19.0. The van der Waals surface area contributed by atoms with Crippen LogP contribution >= 0.6 is 0 Å². The van der Waals surface area contributed by atoms with E-state index >= 15 is 0 Å². The van der Waals surface area contributed by atoms with E-state index in [1.807, 2.05) is 31.2 Å². The van der Waals surface area contributed by atoms with Gasteiger partial charge >= 0.3 is 12.1 Å². The number of benzene rings is 2. The number of carboxylic acids is 1. The van der Waals surface area contributed by atoms with E-state index in [0.717, 1.165) is 11.1 Å². The van der Waals surface area contributed by atoms with Gasteiger partial charge in [-0.2, -0.15) is 0 Å². The summed E-state index contributed by atoms with van der Waals surface area (Å²) in [6.07, 6.45) is 0.361. The minimum absolute atomic E-state index is 0.0152. The van der Waals surface area contributed by atoms with E-state index in [-0.39, 0.29) is 31.0 Å². The number of nitrogens with zero attached hydrogens (tertiary/aromatic N) is 1. The van der Waals surface area contributed by atoms with E-state index in [4.69, 9.17) is 4.74 Å². The lowest BCUT2D eigenvalue weighted by atomic mass is 9.91. The Morgan fingerprint density at radius 3 is 2.27 bits per heavy atom. The maximum Gasteiger partial charge on any atom is 0.407 e. The number of nitrogens with one attached hydrogen (secondary N) is 1. The van der Waals surface area contributed by atoms with Crippen LogP contribution in [0.3, 0.4) is 0 Å². The van der Waals surface area contributed by atoms with Crippen LogP contribution in [-0.2, 0) is 14.3 Å². The first-order valence-corrected chi connectivity index (χ1v) is 11.5. The van der Waals surface area contributed by atoms with Crippen molar-refractivity contribution in [3.8, 4) is 11.1 Å². The molecule has 0 saturated carbocycles. The molecule has 0 radical (unpaired) electrons. The lowest BCUT2D eigenvalue weighted by molar-refractivity contribution is -0.148. The first-order chi connectivity index (χ1) is 15.9. The Bertz CT molecular complexity index is 1010. The summed E-state index contributed by atoms with van der Waals surface area (Å²) < 4.78 is 5.54. The van der Waals surface area contributed by atoms with Gasteiger partial charge in [0, 0.05) is 25.0 Å². The number of hydrogen-bond acceptors (Lipinski definition) is 4. The summed E-state index contributed by atoms with van der Waals surface area (Å²) in [6.45, 7) is 4.45. The number of likely N-dealkylation sites (tertiary alicyclic amines) is 1. The Balaban J connectivity index is 1.29. The quantitative estimate of drug-likeness (QED) is 0.697. The van der Waals surface area contributed by atoms with Crippen molar-refractivity contribution in [1.29, 1.82) is 0 Å². The van der Waals surface area contributed by atoms with Gasteiger partial charge in [0.2, 0.25) is 5.91 Å². The lowest BCUT2D eigenvalue weighted by Gasteiger charge is -2.37. The molecule has 0 aromatic heterocycles. The maximum atomic E-state index is 12.8. The van der Waals surface area contributed by atoms with E-state index in [2.05, 4.69) is 29.6 Å². The van der Waals surface area contributed by atoms with Gasteiger partial charge in [0.05, 0.1) is 11.8 Å². The molecule has 174 valence electrons. The van der Waals surface area contributed by atoms with Crippen molar-refractivity contribution in [3.05, 3.63) is 59.7 Å². The largest absolute Gasteiger partial charge is 0.481 e. The van der Waals surface area contributed by atoms with Gasteiger partial charge in [0.15, 0.2) is 0 Å². The molecule has 1 fully saturated rings. The third kappa shape index (κ3) is 4.72. The number of ether oxygens (including phenoxy) is 1. The number of rotatable bonds is 6. The monoisotopic (exact) mass is 450 g/mol. The standard InChI is InChI=1S/C26H30N2O5/c1-16(24(29)28-12-11-18(25(30)31)13-17(28)2)14-27-26(32)33-15-23-21-9-5-3-7-19(21)20-8-4-6-10-22(20)23/h3-10,16-18,23H,11-15H2,1-2H3,(H,27,32)(H,30,31). The molecule has 4 rings (SSSR count). The fraction of sp³-hybridized carbons (Fsp3) is 0.423. The number of carbonyl (C=O) groups is 3. The molecule has 33 heavy (non-hydrogen) atoms. The Morgan fingerprint density at radius 2 is 1.70 bits per heavy atom. The molecule has 1 saturated heterocycles. The Hall–Kier alpha value is -3.35. The number of aliphatic carboxylic acids is 1. The van der Waals surface area contributed by atoms with Crippen molar-refractivity contribution >= 4 is 18.0 Å². The highest BCUT2D eigenvalue weighted by atomic mass is 16.5. The minimum Gasteiger partial charge on any atom is -0.481 e. The van der Waals surface area contributed by atoms with Gasteiger partial charge in [0.25, 0.3) is 0 Å². The summed E-state index contributed by atoms with van der Waals surface area (Å²) >= 11 is 0. The molecule has 1 aliphatic carbocycles. The van der Waals surface area contributed by atoms with Crippen LogP contribution in [0.2, 0.25) is 0 Å². The minimum atomic E-state index is -0.807. The molecule has 3 unspecified atom stereocenters. The van der Waals surface area contributed by atoms with Crippen molar-refractivity contribution in [2.45, 2.75) is 38.6 Å². The third-order valence-corrected chi connectivity index (χ3v) is 6.83. The summed E-state index contributed by atoms with van der Waals surface area (Å²) in [5, 5.41) is 11.9. The van der Waals surface area contributed by atoms with E-state index < -0.39 is 23.9 Å². The normalized spacial score (nSPS) is 20.5. The van der Waals surface area contributed by atoms with Gasteiger partial charge in [-0.25, -0.2) is 4.79 Å². The Kier molecular flexibility index (Phi) is 6.67. The molecule has 2 amide bonds. The zero-order valence-corrected chi connectivity index (χ0v) is 19.0. The molecule has 3 atom stereocenters. The first kappa shape index (κ1) is 22.8. The van der Waals surface area contributed by atoms with Crippen molar-refractivity contribution in [2.24, 2.45) is 11.8 Å². The molecular weight excluding hydrogens is 420 g/mol. The second-order valence-electron chi connectivity index (χ2n) is 9.05. The average molecular weight is 451 g/mol. The molecule has 2 aromatic rings. The molecule has 7 heteroatoms. The SMILES string of the molecule is CC(CNC(=O)OCC1c2ccccc2-c2ccccc21)C(=O)N1CCC(C(=O)O)CC1C. The second-order valence-corrected chi connectivity index (χ2v) is 9.05. The molecular formula is C26H30N2O5. The number of carbonyl (C=O) groups excluding carboxylic acids is 2. The molecule has 0 spiro atoms. The van der Waals surface area contributed by atoms with Crippen LogP contribution in [0.15, 0.2) is 48.5 Å². The highest BCUT2D eigenvalue weighted by Crippen LogP contribution is 2.44. The summed E-state index contributed by atoms with van der Waals surface area (Å²) in [5.74, 6) is -1.73. The number of hydrogen-bond donors (Lipinski definition) is 2. The third-order valence-electron chi connectivity index (χ3n) is 6.83. The van der Waals surface area contributed by atoms with Crippen LogP contribution in [0.1, 0.15) is 43.7 Å².